The predicted molar refractivity (Wildman–Crippen MR) is 80.1 cm³/mol. The Morgan fingerprint density at radius 2 is 2.05 bits per heavy atom. The van der Waals surface area contributed by atoms with Gasteiger partial charge >= 0.3 is 11.9 Å². The topological polar surface area (TPSA) is 72.8 Å². The van der Waals surface area contributed by atoms with E-state index in [2.05, 4.69) is 0 Å². The van der Waals surface area contributed by atoms with E-state index in [4.69, 9.17) is 14.6 Å². The summed E-state index contributed by atoms with van der Waals surface area (Å²) in [5.74, 6) is -1.59. The summed E-state index contributed by atoms with van der Waals surface area (Å²) in [4.78, 5) is 22.1. The summed E-state index contributed by atoms with van der Waals surface area (Å²) in [7, 11) is 0. The second kappa shape index (κ2) is 6.32. The second-order valence-electron chi connectivity index (χ2n) is 5.93. The normalized spacial score (nSPS) is 21.5. The number of carbonyl (C=O) groups excluding carboxylic acids is 1. The maximum atomic E-state index is 11.2. The van der Waals surface area contributed by atoms with Crippen LogP contribution in [0.2, 0.25) is 0 Å². The Kier molecular flexibility index (Phi) is 4.66. The largest absolute Gasteiger partial charge is 0.478 e. The SMILES string of the molecule is CC(C)(/C=C/CC1(C(=O)O)CC(=O)O1)OCc1ccccc1. The maximum Gasteiger partial charge on any atom is 0.349 e. The average Bonchev–Trinajstić information content (AvgIpc) is 2.44. The minimum absolute atomic E-state index is 0.0853. The van der Waals surface area contributed by atoms with E-state index in [-0.39, 0.29) is 12.8 Å². The predicted octanol–water partition coefficient (Wildman–Crippen LogP) is 2.70. The molecule has 2 rings (SSSR count). The summed E-state index contributed by atoms with van der Waals surface area (Å²) in [6, 6.07) is 9.80. The molecule has 5 heteroatoms. The molecule has 1 unspecified atom stereocenters. The van der Waals surface area contributed by atoms with E-state index in [0.29, 0.717) is 6.61 Å². The number of esters is 1. The Morgan fingerprint density at radius 1 is 1.41 bits per heavy atom. The maximum absolute atomic E-state index is 11.2. The molecule has 5 nitrogen and oxygen atoms in total. The van der Waals surface area contributed by atoms with Gasteiger partial charge in [-0.15, -0.1) is 0 Å². The number of ether oxygens (including phenoxy) is 2. The van der Waals surface area contributed by atoms with Crippen LogP contribution in [0.25, 0.3) is 0 Å². The molecule has 1 aliphatic heterocycles. The second-order valence-corrected chi connectivity index (χ2v) is 5.93. The molecular weight excluding hydrogens is 284 g/mol. The lowest BCUT2D eigenvalue weighted by Gasteiger charge is -2.35. The summed E-state index contributed by atoms with van der Waals surface area (Å²) in [6.45, 7) is 4.26. The summed E-state index contributed by atoms with van der Waals surface area (Å²) in [5, 5.41) is 9.14. The number of benzene rings is 1. The molecule has 118 valence electrons. The van der Waals surface area contributed by atoms with Crippen molar-refractivity contribution in [2.24, 2.45) is 0 Å². The monoisotopic (exact) mass is 304 g/mol. The molecule has 0 spiro atoms. The lowest BCUT2D eigenvalue weighted by atomic mass is 9.89. The standard InChI is InChI=1S/C17H20O5/c1-16(2,21-12-13-7-4-3-5-8-13)9-6-10-17(15(19)20)11-14(18)22-17/h3-9H,10-12H2,1-2H3,(H,19,20)/b9-6+. The van der Waals surface area contributed by atoms with Crippen LogP contribution in [0.4, 0.5) is 0 Å². The van der Waals surface area contributed by atoms with Crippen molar-refractivity contribution in [3.63, 3.8) is 0 Å². The first-order chi connectivity index (χ1) is 10.3. The minimum Gasteiger partial charge on any atom is -0.478 e. The van der Waals surface area contributed by atoms with Gasteiger partial charge in [-0.3, -0.25) is 4.79 Å². The average molecular weight is 304 g/mol. The van der Waals surface area contributed by atoms with Crippen LogP contribution < -0.4 is 0 Å². The number of hydrogen-bond acceptors (Lipinski definition) is 4. The van der Waals surface area contributed by atoms with Crippen molar-refractivity contribution < 1.29 is 24.2 Å². The fourth-order valence-electron chi connectivity index (χ4n) is 2.19. The van der Waals surface area contributed by atoms with E-state index >= 15 is 0 Å². The van der Waals surface area contributed by atoms with Gasteiger partial charge < -0.3 is 14.6 Å². The van der Waals surface area contributed by atoms with Gasteiger partial charge in [0.1, 0.15) is 0 Å². The van der Waals surface area contributed by atoms with E-state index in [1.54, 1.807) is 12.2 Å². The van der Waals surface area contributed by atoms with Gasteiger partial charge in [0.2, 0.25) is 5.60 Å². The highest BCUT2D eigenvalue weighted by Crippen LogP contribution is 2.32. The van der Waals surface area contributed by atoms with Gasteiger partial charge in [-0.25, -0.2) is 4.79 Å². The third-order valence-corrected chi connectivity index (χ3v) is 3.55. The van der Waals surface area contributed by atoms with Crippen molar-refractivity contribution in [3.8, 4) is 0 Å². The summed E-state index contributed by atoms with van der Waals surface area (Å²) < 4.78 is 10.6. The van der Waals surface area contributed by atoms with Crippen LogP contribution in [0, 0.1) is 0 Å². The van der Waals surface area contributed by atoms with Gasteiger partial charge in [0.05, 0.1) is 18.6 Å². The number of rotatable bonds is 7. The van der Waals surface area contributed by atoms with Crippen LogP contribution in [0.1, 0.15) is 32.3 Å². The number of aliphatic carboxylic acids is 1. The molecule has 0 radical (unpaired) electrons. The number of carboxylic acids is 1. The fourth-order valence-corrected chi connectivity index (χ4v) is 2.19. The molecule has 0 saturated carbocycles. The van der Waals surface area contributed by atoms with Gasteiger partial charge in [-0.05, 0) is 19.4 Å². The lowest BCUT2D eigenvalue weighted by Crippen LogP contribution is -2.53. The highest BCUT2D eigenvalue weighted by Gasteiger charge is 2.52. The molecule has 1 aromatic carbocycles. The van der Waals surface area contributed by atoms with Crippen LogP contribution in [0.15, 0.2) is 42.5 Å². The van der Waals surface area contributed by atoms with Crippen molar-refractivity contribution in [2.45, 2.75) is 44.5 Å². The Hall–Kier alpha value is -2.14. The van der Waals surface area contributed by atoms with E-state index in [9.17, 15) is 9.59 Å². The third-order valence-electron chi connectivity index (χ3n) is 3.55. The Morgan fingerprint density at radius 3 is 2.59 bits per heavy atom. The molecule has 1 heterocycles. The minimum atomic E-state index is -1.40. The highest BCUT2D eigenvalue weighted by molar-refractivity contribution is 5.92. The van der Waals surface area contributed by atoms with Crippen LogP contribution >= 0.6 is 0 Å². The van der Waals surface area contributed by atoms with Gasteiger partial charge in [0.15, 0.2) is 0 Å². The zero-order valence-corrected chi connectivity index (χ0v) is 12.7. The fraction of sp³-hybridized carbons (Fsp3) is 0.412. The number of hydrogen-bond donors (Lipinski definition) is 1. The summed E-state index contributed by atoms with van der Waals surface area (Å²) >= 11 is 0. The number of carboxylic acid groups (broad SMARTS) is 1. The molecule has 22 heavy (non-hydrogen) atoms. The van der Waals surface area contributed by atoms with Crippen molar-refractivity contribution in [1.82, 2.24) is 0 Å². The first-order valence-electron chi connectivity index (χ1n) is 7.14. The summed E-state index contributed by atoms with van der Waals surface area (Å²) in [6.07, 6.45) is 3.56. The Labute approximate surface area is 129 Å². The molecule has 1 N–H and O–H groups in total. The van der Waals surface area contributed by atoms with Crippen molar-refractivity contribution in [3.05, 3.63) is 48.0 Å². The molecule has 1 saturated heterocycles. The Balaban J connectivity index is 1.88. The number of carbonyl (C=O) groups is 2. The molecule has 0 aliphatic carbocycles. The van der Waals surface area contributed by atoms with Crippen molar-refractivity contribution >= 4 is 11.9 Å². The zero-order chi connectivity index (χ0) is 16.2. The third kappa shape index (κ3) is 3.95. The Bertz CT molecular complexity index is 566. The number of cyclic esters (lactones) is 1. The quantitative estimate of drug-likeness (QED) is 0.619. The van der Waals surface area contributed by atoms with E-state index < -0.39 is 23.1 Å². The van der Waals surface area contributed by atoms with Crippen LogP contribution in [-0.2, 0) is 25.7 Å². The van der Waals surface area contributed by atoms with E-state index in [1.807, 2.05) is 44.2 Å². The van der Waals surface area contributed by atoms with Crippen LogP contribution in [-0.4, -0.2) is 28.2 Å². The van der Waals surface area contributed by atoms with Crippen LogP contribution in [0.5, 0.6) is 0 Å². The van der Waals surface area contributed by atoms with Crippen LogP contribution in [0.3, 0.4) is 0 Å². The molecule has 0 aromatic heterocycles. The van der Waals surface area contributed by atoms with Gasteiger partial charge in [-0.1, -0.05) is 42.5 Å². The first-order valence-corrected chi connectivity index (χ1v) is 7.14. The molecule has 0 bridgehead atoms. The van der Waals surface area contributed by atoms with Gasteiger partial charge in [0.25, 0.3) is 0 Å². The zero-order valence-electron chi connectivity index (χ0n) is 12.7. The molecular formula is C17H20O5. The highest BCUT2D eigenvalue weighted by atomic mass is 16.6. The smallest absolute Gasteiger partial charge is 0.349 e. The van der Waals surface area contributed by atoms with E-state index in [0.717, 1.165) is 5.56 Å². The molecule has 1 aromatic rings. The van der Waals surface area contributed by atoms with Crippen molar-refractivity contribution in [2.75, 3.05) is 0 Å². The molecule has 1 fully saturated rings. The van der Waals surface area contributed by atoms with E-state index in [1.165, 1.54) is 0 Å². The van der Waals surface area contributed by atoms with Gasteiger partial charge in [0, 0.05) is 6.42 Å². The first kappa shape index (κ1) is 16.2. The van der Waals surface area contributed by atoms with Crippen molar-refractivity contribution in [1.29, 1.82) is 0 Å². The van der Waals surface area contributed by atoms with Gasteiger partial charge in [-0.2, -0.15) is 0 Å². The molecule has 0 amide bonds. The molecule has 1 atom stereocenters. The molecule has 1 aliphatic rings. The summed E-state index contributed by atoms with van der Waals surface area (Å²) in [5.41, 5.74) is -0.870. The lowest BCUT2D eigenvalue weighted by molar-refractivity contribution is -0.203.